The molecule has 0 bridgehead atoms. The molecule has 0 heterocycles. The molecular weight excluding hydrogens is 506 g/mol. The maximum Gasteiger partial charge on any atom is 0.220 e. The Balaban J connectivity index is 3.68. The number of hydrogen-bond donors (Lipinski definition) is 3. The van der Waals surface area contributed by atoms with Crippen LogP contribution in [0.15, 0.2) is 48.6 Å². The minimum absolute atomic E-state index is 0.0748. The fraction of sp³-hybridized carbons (Fsp3) is 0.757. The summed E-state index contributed by atoms with van der Waals surface area (Å²) in [5, 5.41) is 23.0. The molecule has 0 saturated heterocycles. The SMILES string of the molecule is CC/C=C\C/C=C\C/C=C\C/C=C\CCCCC(=O)NC(CO)C(O)CCCCCCCCCCCCCCCC. The molecule has 0 aliphatic carbocycles. The molecule has 238 valence electrons. The second kappa shape index (κ2) is 32.9. The maximum absolute atomic E-state index is 12.3. The van der Waals surface area contributed by atoms with E-state index in [-0.39, 0.29) is 12.5 Å². The van der Waals surface area contributed by atoms with Crippen LogP contribution < -0.4 is 5.32 Å². The summed E-state index contributed by atoms with van der Waals surface area (Å²) in [5.74, 6) is -0.0748. The number of aliphatic hydroxyl groups is 2. The van der Waals surface area contributed by atoms with Gasteiger partial charge < -0.3 is 15.5 Å². The number of aliphatic hydroxyl groups excluding tert-OH is 2. The molecule has 2 atom stereocenters. The summed E-state index contributed by atoms with van der Waals surface area (Å²) in [4.78, 5) is 12.3. The van der Waals surface area contributed by atoms with Gasteiger partial charge in [0.2, 0.25) is 5.91 Å². The van der Waals surface area contributed by atoms with Crippen molar-refractivity contribution in [3.63, 3.8) is 0 Å². The van der Waals surface area contributed by atoms with Crippen LogP contribution in [0.1, 0.15) is 162 Å². The van der Waals surface area contributed by atoms with Crippen LogP contribution in [0.3, 0.4) is 0 Å². The van der Waals surface area contributed by atoms with Crippen molar-refractivity contribution >= 4 is 5.91 Å². The lowest BCUT2D eigenvalue weighted by Gasteiger charge is -2.22. The van der Waals surface area contributed by atoms with Crippen LogP contribution in [0.2, 0.25) is 0 Å². The summed E-state index contributed by atoms with van der Waals surface area (Å²) >= 11 is 0. The van der Waals surface area contributed by atoms with Crippen molar-refractivity contribution < 1.29 is 15.0 Å². The number of unbranched alkanes of at least 4 members (excludes halogenated alkanes) is 15. The first-order valence-electron chi connectivity index (χ1n) is 17.3. The molecule has 0 radical (unpaired) electrons. The zero-order valence-corrected chi connectivity index (χ0v) is 27.0. The number of rotatable bonds is 30. The highest BCUT2D eigenvalue weighted by Gasteiger charge is 2.19. The third-order valence-electron chi connectivity index (χ3n) is 7.60. The van der Waals surface area contributed by atoms with Gasteiger partial charge in [-0.15, -0.1) is 0 Å². The molecule has 0 aromatic carbocycles. The van der Waals surface area contributed by atoms with Gasteiger partial charge in [-0.25, -0.2) is 0 Å². The summed E-state index contributed by atoms with van der Waals surface area (Å²) < 4.78 is 0. The third kappa shape index (κ3) is 29.6. The van der Waals surface area contributed by atoms with E-state index in [4.69, 9.17) is 0 Å². The fourth-order valence-electron chi connectivity index (χ4n) is 4.94. The predicted octanol–water partition coefficient (Wildman–Crippen LogP) is 10.1. The lowest BCUT2D eigenvalue weighted by Crippen LogP contribution is -2.45. The Morgan fingerprint density at radius 1 is 0.610 bits per heavy atom. The second-order valence-corrected chi connectivity index (χ2v) is 11.6. The molecule has 0 rings (SSSR count). The number of allylic oxidation sites excluding steroid dienone is 8. The van der Waals surface area contributed by atoms with Crippen molar-refractivity contribution in [1.82, 2.24) is 5.32 Å². The molecule has 0 spiro atoms. The fourth-order valence-corrected chi connectivity index (χ4v) is 4.94. The zero-order chi connectivity index (χ0) is 30.1. The Bertz CT molecular complexity index is 667. The smallest absolute Gasteiger partial charge is 0.220 e. The molecule has 1 amide bonds. The molecule has 0 aromatic heterocycles. The molecule has 4 heteroatoms. The lowest BCUT2D eigenvalue weighted by atomic mass is 10.0. The van der Waals surface area contributed by atoms with E-state index in [1.165, 1.54) is 77.0 Å². The molecule has 0 fully saturated rings. The Kier molecular flexibility index (Phi) is 31.5. The first kappa shape index (κ1) is 39.4. The van der Waals surface area contributed by atoms with Crippen molar-refractivity contribution in [2.75, 3.05) is 6.61 Å². The summed E-state index contributed by atoms with van der Waals surface area (Å²) in [6.45, 7) is 4.20. The van der Waals surface area contributed by atoms with Gasteiger partial charge in [0.1, 0.15) is 0 Å². The molecule has 0 aliphatic rings. The van der Waals surface area contributed by atoms with Crippen LogP contribution in [0.25, 0.3) is 0 Å². The van der Waals surface area contributed by atoms with Crippen LogP contribution >= 0.6 is 0 Å². The lowest BCUT2D eigenvalue weighted by molar-refractivity contribution is -0.123. The van der Waals surface area contributed by atoms with E-state index in [1.54, 1.807) is 0 Å². The van der Waals surface area contributed by atoms with Crippen LogP contribution in [0, 0.1) is 0 Å². The molecule has 0 saturated carbocycles. The number of hydrogen-bond acceptors (Lipinski definition) is 3. The summed E-state index contributed by atoms with van der Waals surface area (Å²) in [7, 11) is 0. The monoisotopic (exact) mass is 574 g/mol. The van der Waals surface area contributed by atoms with Crippen LogP contribution in [-0.4, -0.2) is 34.9 Å². The van der Waals surface area contributed by atoms with Gasteiger partial charge in [-0.1, -0.05) is 152 Å². The second-order valence-electron chi connectivity index (χ2n) is 11.6. The van der Waals surface area contributed by atoms with E-state index in [0.29, 0.717) is 12.8 Å². The minimum Gasteiger partial charge on any atom is -0.394 e. The molecule has 41 heavy (non-hydrogen) atoms. The van der Waals surface area contributed by atoms with E-state index >= 15 is 0 Å². The maximum atomic E-state index is 12.3. The van der Waals surface area contributed by atoms with Gasteiger partial charge in [-0.2, -0.15) is 0 Å². The topological polar surface area (TPSA) is 69.6 Å². The van der Waals surface area contributed by atoms with Crippen molar-refractivity contribution in [2.24, 2.45) is 0 Å². The number of nitrogens with one attached hydrogen (secondary N) is 1. The Morgan fingerprint density at radius 3 is 1.56 bits per heavy atom. The van der Waals surface area contributed by atoms with Crippen LogP contribution in [0.4, 0.5) is 0 Å². The molecular formula is C37H67NO3. The van der Waals surface area contributed by atoms with E-state index < -0.39 is 12.1 Å². The zero-order valence-electron chi connectivity index (χ0n) is 27.0. The predicted molar refractivity (Wildman–Crippen MR) is 179 cm³/mol. The van der Waals surface area contributed by atoms with Gasteiger partial charge in [0.25, 0.3) is 0 Å². The first-order valence-corrected chi connectivity index (χ1v) is 17.3. The van der Waals surface area contributed by atoms with E-state index in [1.807, 2.05) is 0 Å². The van der Waals surface area contributed by atoms with Gasteiger partial charge >= 0.3 is 0 Å². The highest BCUT2D eigenvalue weighted by Crippen LogP contribution is 2.14. The quantitative estimate of drug-likeness (QED) is 0.0591. The molecule has 0 aromatic rings. The van der Waals surface area contributed by atoms with Gasteiger partial charge in [0.05, 0.1) is 18.8 Å². The number of carbonyl (C=O) groups is 1. The van der Waals surface area contributed by atoms with Gasteiger partial charge in [0.15, 0.2) is 0 Å². The standard InChI is InChI=1S/C37H67NO3/c1-3-5-7-9-11-13-15-17-19-21-23-25-27-29-31-33-37(41)38-35(34-39)36(40)32-30-28-26-24-22-20-18-16-14-12-10-8-6-4-2/h5,7,11,13,17,19,23,25,35-36,39-40H,3-4,6,8-10,12,14-16,18,20-22,24,26-34H2,1-2H3,(H,38,41)/b7-5-,13-11-,19-17-,25-23-. The number of amides is 1. The van der Waals surface area contributed by atoms with Crippen LogP contribution in [0.5, 0.6) is 0 Å². The van der Waals surface area contributed by atoms with Crippen molar-refractivity contribution in [3.05, 3.63) is 48.6 Å². The van der Waals surface area contributed by atoms with Crippen molar-refractivity contribution in [3.8, 4) is 0 Å². The average molecular weight is 574 g/mol. The minimum atomic E-state index is -0.675. The summed E-state index contributed by atoms with van der Waals surface area (Å²) in [5.41, 5.74) is 0. The normalized spacial score (nSPS) is 13.8. The summed E-state index contributed by atoms with van der Waals surface area (Å²) in [6, 6.07) is -0.557. The van der Waals surface area contributed by atoms with Crippen molar-refractivity contribution in [2.45, 2.75) is 174 Å². The highest BCUT2D eigenvalue weighted by molar-refractivity contribution is 5.76. The summed E-state index contributed by atoms with van der Waals surface area (Å²) in [6.07, 6.45) is 43.0. The van der Waals surface area contributed by atoms with E-state index in [0.717, 1.165) is 57.8 Å². The largest absolute Gasteiger partial charge is 0.394 e. The molecule has 3 N–H and O–H groups in total. The Labute approximate surface area is 254 Å². The highest BCUT2D eigenvalue weighted by atomic mass is 16.3. The first-order chi connectivity index (χ1) is 20.2. The molecule has 0 aliphatic heterocycles. The Morgan fingerprint density at radius 2 is 1.07 bits per heavy atom. The van der Waals surface area contributed by atoms with Crippen molar-refractivity contribution in [1.29, 1.82) is 0 Å². The Hall–Kier alpha value is -1.65. The van der Waals surface area contributed by atoms with Gasteiger partial charge in [0, 0.05) is 6.42 Å². The third-order valence-corrected chi connectivity index (χ3v) is 7.60. The number of carbonyl (C=O) groups excluding carboxylic acids is 1. The van der Waals surface area contributed by atoms with E-state index in [9.17, 15) is 15.0 Å². The van der Waals surface area contributed by atoms with Crippen LogP contribution in [-0.2, 0) is 4.79 Å². The average Bonchev–Trinajstić information content (AvgIpc) is 2.97. The van der Waals surface area contributed by atoms with Gasteiger partial charge in [-0.3, -0.25) is 4.79 Å². The van der Waals surface area contributed by atoms with E-state index in [2.05, 4.69) is 67.8 Å². The molecule has 2 unspecified atom stereocenters. The molecule has 4 nitrogen and oxygen atoms in total. The van der Waals surface area contributed by atoms with Gasteiger partial charge in [-0.05, 0) is 51.4 Å².